The molecular formula is C21H33F3N2O4S. The van der Waals surface area contributed by atoms with Gasteiger partial charge in [0, 0.05) is 19.7 Å². The lowest BCUT2D eigenvalue weighted by Gasteiger charge is -2.28. The van der Waals surface area contributed by atoms with Crippen molar-refractivity contribution in [2.24, 2.45) is 5.92 Å². The minimum Gasteiger partial charge on any atom is -0.395 e. The van der Waals surface area contributed by atoms with E-state index in [1.807, 2.05) is 7.05 Å². The van der Waals surface area contributed by atoms with Crippen LogP contribution in [0.4, 0.5) is 13.2 Å². The first kappa shape index (κ1) is 26.1. The number of likely N-dealkylation sites (N-methyl/N-ethyl adjacent to an activating group) is 1. The summed E-state index contributed by atoms with van der Waals surface area (Å²) in [6.07, 6.45) is 1.11. The molecule has 1 aromatic rings. The molecule has 0 aromatic heterocycles. The van der Waals surface area contributed by atoms with E-state index >= 15 is 0 Å². The third kappa shape index (κ3) is 9.05. The number of sulfonamides is 1. The van der Waals surface area contributed by atoms with E-state index in [2.05, 4.69) is 9.62 Å². The average molecular weight is 467 g/mol. The number of nitrogens with one attached hydrogen (secondary N) is 1. The number of alkyl halides is 3. The number of hydrogen-bond acceptors (Lipinski definition) is 5. The van der Waals surface area contributed by atoms with Gasteiger partial charge in [0.25, 0.3) is 0 Å². The Kier molecular flexibility index (Phi) is 10.2. The van der Waals surface area contributed by atoms with Gasteiger partial charge in [0.1, 0.15) is 0 Å². The van der Waals surface area contributed by atoms with Crippen molar-refractivity contribution < 1.29 is 31.4 Å². The molecule has 0 bridgehead atoms. The van der Waals surface area contributed by atoms with E-state index in [9.17, 15) is 21.6 Å². The third-order valence-electron chi connectivity index (χ3n) is 5.62. The smallest absolute Gasteiger partial charge is 0.395 e. The molecule has 2 rings (SSSR count). The Labute approximate surface area is 182 Å². The number of unbranched alkanes of at least 4 members (excludes halogenated alkanes) is 1. The van der Waals surface area contributed by atoms with E-state index in [1.165, 1.54) is 0 Å². The van der Waals surface area contributed by atoms with Gasteiger partial charge in [-0.3, -0.25) is 0 Å². The van der Waals surface area contributed by atoms with Gasteiger partial charge in [-0.1, -0.05) is 0 Å². The third-order valence-corrected chi connectivity index (χ3v) is 7.06. The summed E-state index contributed by atoms with van der Waals surface area (Å²) in [6.45, 7) is 2.73. The highest BCUT2D eigenvalue weighted by molar-refractivity contribution is 7.89. The highest BCUT2D eigenvalue weighted by Crippen LogP contribution is 2.30. The van der Waals surface area contributed by atoms with Crippen molar-refractivity contribution in [2.75, 3.05) is 39.9 Å². The van der Waals surface area contributed by atoms with Gasteiger partial charge in [0.2, 0.25) is 10.0 Å². The molecule has 0 saturated heterocycles. The number of ether oxygens (including phenoxy) is 1. The maximum Gasteiger partial charge on any atom is 0.416 e. The van der Waals surface area contributed by atoms with Crippen molar-refractivity contribution in [1.82, 2.24) is 9.62 Å². The predicted molar refractivity (Wildman–Crippen MR) is 112 cm³/mol. The van der Waals surface area contributed by atoms with Crippen LogP contribution < -0.4 is 4.72 Å². The zero-order valence-electron chi connectivity index (χ0n) is 17.9. The summed E-state index contributed by atoms with van der Waals surface area (Å²) in [5, 5.41) is 8.87. The molecule has 1 aliphatic rings. The van der Waals surface area contributed by atoms with Crippen LogP contribution in [0.15, 0.2) is 29.2 Å². The number of nitrogens with zero attached hydrogens (tertiary/aromatic N) is 1. The van der Waals surface area contributed by atoms with Gasteiger partial charge < -0.3 is 14.7 Å². The molecule has 0 heterocycles. The number of benzene rings is 1. The molecule has 0 unspecified atom stereocenters. The van der Waals surface area contributed by atoms with Gasteiger partial charge in [0.15, 0.2) is 0 Å². The SMILES string of the molecule is CN(CCO)CCCCOC1CCC(CNS(=O)(=O)c2ccc(C(F)(F)F)cc2)CC1. The zero-order valence-corrected chi connectivity index (χ0v) is 18.7. The molecule has 10 heteroatoms. The second-order valence-electron chi connectivity index (χ2n) is 8.12. The van der Waals surface area contributed by atoms with Crippen molar-refractivity contribution >= 4 is 10.0 Å². The lowest BCUT2D eigenvalue weighted by molar-refractivity contribution is -0.137. The molecular weight excluding hydrogens is 433 g/mol. The fraction of sp³-hybridized carbons (Fsp3) is 0.714. The van der Waals surface area contributed by atoms with Crippen LogP contribution in [0.5, 0.6) is 0 Å². The molecule has 1 aromatic carbocycles. The van der Waals surface area contributed by atoms with Crippen LogP contribution >= 0.6 is 0 Å². The quantitative estimate of drug-likeness (QED) is 0.463. The summed E-state index contributed by atoms with van der Waals surface area (Å²) >= 11 is 0. The van der Waals surface area contributed by atoms with E-state index in [4.69, 9.17) is 9.84 Å². The molecule has 6 nitrogen and oxygen atoms in total. The molecule has 0 spiro atoms. The van der Waals surface area contributed by atoms with Crippen LogP contribution in [0.1, 0.15) is 44.1 Å². The molecule has 1 aliphatic carbocycles. The monoisotopic (exact) mass is 466 g/mol. The normalized spacial score (nSPS) is 20.3. The van der Waals surface area contributed by atoms with Crippen LogP contribution in [-0.4, -0.2) is 64.4 Å². The van der Waals surface area contributed by atoms with Gasteiger partial charge >= 0.3 is 6.18 Å². The van der Waals surface area contributed by atoms with Gasteiger partial charge in [-0.25, -0.2) is 13.1 Å². The Morgan fingerprint density at radius 3 is 2.32 bits per heavy atom. The van der Waals surface area contributed by atoms with Crippen LogP contribution in [0, 0.1) is 5.92 Å². The summed E-state index contributed by atoms with van der Waals surface area (Å²) in [5.74, 6) is 0.191. The van der Waals surface area contributed by atoms with Crippen LogP contribution in [0.3, 0.4) is 0 Å². The first-order chi connectivity index (χ1) is 14.6. The summed E-state index contributed by atoms with van der Waals surface area (Å²) < 4.78 is 71.1. The topological polar surface area (TPSA) is 78.9 Å². The molecule has 0 radical (unpaired) electrons. The molecule has 2 N–H and O–H groups in total. The van der Waals surface area contributed by atoms with Gasteiger partial charge in [-0.15, -0.1) is 0 Å². The summed E-state index contributed by atoms with van der Waals surface area (Å²) in [5.41, 5.74) is -0.873. The average Bonchev–Trinajstić information content (AvgIpc) is 2.72. The molecule has 0 atom stereocenters. The maximum absolute atomic E-state index is 12.6. The molecule has 0 amide bonds. The van der Waals surface area contributed by atoms with Gasteiger partial charge in [0.05, 0.1) is 23.2 Å². The van der Waals surface area contributed by atoms with Gasteiger partial charge in [-0.05, 0) is 82.3 Å². The Hall–Kier alpha value is -1.20. The molecule has 1 saturated carbocycles. The fourth-order valence-corrected chi connectivity index (χ4v) is 4.77. The minimum absolute atomic E-state index is 0.163. The van der Waals surface area contributed by atoms with E-state index in [-0.39, 0.29) is 30.1 Å². The molecule has 0 aliphatic heterocycles. The molecule has 178 valence electrons. The van der Waals surface area contributed by atoms with Crippen molar-refractivity contribution in [3.8, 4) is 0 Å². The van der Waals surface area contributed by atoms with Crippen molar-refractivity contribution in [1.29, 1.82) is 0 Å². The van der Waals surface area contributed by atoms with E-state index in [0.717, 1.165) is 69.3 Å². The second kappa shape index (κ2) is 12.2. The first-order valence-corrected chi connectivity index (χ1v) is 12.2. The van der Waals surface area contributed by atoms with Crippen molar-refractivity contribution in [3.05, 3.63) is 29.8 Å². The summed E-state index contributed by atoms with van der Waals surface area (Å²) in [6, 6.07) is 3.53. The number of aliphatic hydroxyl groups excluding tert-OH is 1. The highest BCUT2D eigenvalue weighted by Gasteiger charge is 2.31. The fourth-order valence-electron chi connectivity index (χ4n) is 3.65. The number of aliphatic hydroxyl groups is 1. The standard InChI is InChI=1S/C21H33F3N2O4S/c1-26(13-14-27)12-2-3-15-30-19-8-4-17(5-9-19)16-25-31(28,29)20-10-6-18(7-11-20)21(22,23)24/h6-7,10-11,17,19,25,27H,2-5,8-9,12-16H2,1H3. The zero-order chi connectivity index (χ0) is 22.9. The van der Waals surface area contributed by atoms with E-state index in [0.29, 0.717) is 13.2 Å². The number of rotatable bonds is 12. The Morgan fingerprint density at radius 2 is 1.74 bits per heavy atom. The highest BCUT2D eigenvalue weighted by atomic mass is 32.2. The lowest BCUT2D eigenvalue weighted by Crippen LogP contribution is -2.33. The first-order valence-electron chi connectivity index (χ1n) is 10.7. The molecule has 1 fully saturated rings. The number of halogens is 3. The molecule has 31 heavy (non-hydrogen) atoms. The number of hydrogen-bond donors (Lipinski definition) is 2. The van der Waals surface area contributed by atoms with Crippen LogP contribution in [-0.2, 0) is 20.9 Å². The Bertz CT molecular complexity index is 749. The van der Waals surface area contributed by atoms with E-state index in [1.54, 1.807) is 0 Å². The summed E-state index contributed by atoms with van der Waals surface area (Å²) in [7, 11) is -1.86. The summed E-state index contributed by atoms with van der Waals surface area (Å²) in [4.78, 5) is 1.92. The van der Waals surface area contributed by atoms with Gasteiger partial charge in [-0.2, -0.15) is 13.2 Å². The van der Waals surface area contributed by atoms with Crippen molar-refractivity contribution in [2.45, 2.75) is 55.7 Å². The largest absolute Gasteiger partial charge is 0.416 e. The van der Waals surface area contributed by atoms with Crippen LogP contribution in [0.2, 0.25) is 0 Å². The van der Waals surface area contributed by atoms with Crippen LogP contribution in [0.25, 0.3) is 0 Å². The minimum atomic E-state index is -4.49. The lowest BCUT2D eigenvalue weighted by atomic mass is 9.87. The predicted octanol–water partition coefficient (Wildman–Crippen LogP) is 3.26. The Morgan fingerprint density at radius 1 is 1.10 bits per heavy atom. The Balaban J connectivity index is 1.66. The second-order valence-corrected chi connectivity index (χ2v) is 9.89. The van der Waals surface area contributed by atoms with E-state index < -0.39 is 21.8 Å². The van der Waals surface area contributed by atoms with Crippen molar-refractivity contribution in [3.63, 3.8) is 0 Å². The maximum atomic E-state index is 12.6.